The third-order valence-corrected chi connectivity index (χ3v) is 5.97. The number of aromatic nitrogens is 1. The van der Waals surface area contributed by atoms with Crippen molar-refractivity contribution in [1.29, 1.82) is 0 Å². The lowest BCUT2D eigenvalue weighted by atomic mass is 10.0. The van der Waals surface area contributed by atoms with Crippen LogP contribution in [-0.2, 0) is 24.3 Å². The SMILES string of the molecule is O=C(/C=C/c1ccc(CN(CCC2=CCc3ccccc32)CCn2cccc2)cc1)CO. The Morgan fingerprint density at radius 2 is 1.78 bits per heavy atom. The molecule has 0 aliphatic heterocycles. The first kappa shape index (κ1) is 22.0. The fraction of sp³-hybridized carbons (Fsp3) is 0.250. The van der Waals surface area contributed by atoms with E-state index in [-0.39, 0.29) is 5.78 Å². The molecule has 0 amide bonds. The van der Waals surface area contributed by atoms with Crippen molar-refractivity contribution in [2.24, 2.45) is 0 Å². The largest absolute Gasteiger partial charge is 0.388 e. The smallest absolute Gasteiger partial charge is 0.181 e. The van der Waals surface area contributed by atoms with Crippen LogP contribution >= 0.6 is 0 Å². The van der Waals surface area contributed by atoms with E-state index in [1.54, 1.807) is 6.08 Å². The van der Waals surface area contributed by atoms with Gasteiger partial charge in [-0.1, -0.05) is 60.7 Å². The Kier molecular flexibility index (Phi) is 7.49. The Morgan fingerprint density at radius 1 is 1.00 bits per heavy atom. The van der Waals surface area contributed by atoms with Crippen molar-refractivity contribution in [1.82, 2.24) is 9.47 Å². The molecule has 2 aromatic carbocycles. The number of nitrogens with zero attached hydrogens (tertiary/aromatic N) is 2. The van der Waals surface area contributed by atoms with Crippen molar-refractivity contribution in [2.45, 2.75) is 25.9 Å². The monoisotopic (exact) mass is 426 g/mol. The number of ketones is 1. The lowest BCUT2D eigenvalue weighted by Crippen LogP contribution is -2.28. The zero-order chi connectivity index (χ0) is 22.2. The average Bonchev–Trinajstić information content (AvgIpc) is 3.50. The predicted molar refractivity (Wildman–Crippen MR) is 130 cm³/mol. The number of benzene rings is 2. The number of hydrogen-bond acceptors (Lipinski definition) is 3. The number of hydrogen-bond donors (Lipinski definition) is 1. The van der Waals surface area contributed by atoms with Crippen LogP contribution in [0, 0.1) is 0 Å². The standard InChI is InChI=1S/C28H30N2O2/c31-22-27(32)14-11-23-7-9-24(10-8-23)21-30(20-19-29-16-3-4-17-29)18-15-26-13-12-25-5-1-2-6-28(25)26/h1-11,13-14,16-17,31H,12,15,18-22H2/b14-11+. The summed E-state index contributed by atoms with van der Waals surface area (Å²) >= 11 is 0. The molecule has 164 valence electrons. The second-order valence-corrected chi connectivity index (χ2v) is 8.24. The molecule has 1 aliphatic carbocycles. The highest BCUT2D eigenvalue weighted by Gasteiger charge is 2.15. The second kappa shape index (κ2) is 10.9. The third-order valence-electron chi connectivity index (χ3n) is 5.97. The molecule has 1 heterocycles. The maximum atomic E-state index is 11.3. The van der Waals surface area contributed by atoms with E-state index in [1.807, 2.05) is 12.1 Å². The van der Waals surface area contributed by atoms with E-state index >= 15 is 0 Å². The molecule has 0 radical (unpaired) electrons. The molecule has 1 aliphatic rings. The quantitative estimate of drug-likeness (QED) is 0.456. The fourth-order valence-electron chi connectivity index (χ4n) is 4.15. The van der Waals surface area contributed by atoms with E-state index in [1.165, 1.54) is 28.3 Å². The first-order valence-corrected chi connectivity index (χ1v) is 11.2. The van der Waals surface area contributed by atoms with Gasteiger partial charge in [-0.15, -0.1) is 0 Å². The number of carbonyl (C=O) groups is 1. The van der Waals surface area contributed by atoms with E-state index in [4.69, 9.17) is 5.11 Å². The van der Waals surface area contributed by atoms with Crippen molar-refractivity contribution in [3.8, 4) is 0 Å². The van der Waals surface area contributed by atoms with Crippen molar-refractivity contribution in [3.63, 3.8) is 0 Å². The van der Waals surface area contributed by atoms with Crippen LogP contribution in [0.5, 0.6) is 0 Å². The summed E-state index contributed by atoms with van der Waals surface area (Å²) in [5, 5.41) is 8.85. The lowest BCUT2D eigenvalue weighted by Gasteiger charge is -2.23. The molecule has 0 bridgehead atoms. The minimum Gasteiger partial charge on any atom is -0.388 e. The molecule has 0 atom stereocenters. The van der Waals surface area contributed by atoms with Gasteiger partial charge in [-0.2, -0.15) is 0 Å². The van der Waals surface area contributed by atoms with Crippen molar-refractivity contribution < 1.29 is 9.90 Å². The Labute approximate surface area is 190 Å². The molecule has 32 heavy (non-hydrogen) atoms. The number of fused-ring (bicyclic) bond motifs is 1. The minimum absolute atomic E-state index is 0.284. The Morgan fingerprint density at radius 3 is 2.56 bits per heavy atom. The first-order chi connectivity index (χ1) is 15.7. The predicted octanol–water partition coefficient (Wildman–Crippen LogP) is 4.59. The summed E-state index contributed by atoms with van der Waals surface area (Å²) < 4.78 is 2.23. The molecular weight excluding hydrogens is 396 g/mol. The summed E-state index contributed by atoms with van der Waals surface area (Å²) in [5.74, 6) is -0.284. The molecule has 4 nitrogen and oxygen atoms in total. The molecule has 1 N–H and O–H groups in total. The average molecular weight is 427 g/mol. The van der Waals surface area contributed by atoms with Gasteiger partial charge in [0, 0.05) is 38.6 Å². The van der Waals surface area contributed by atoms with E-state index in [0.29, 0.717) is 0 Å². The number of rotatable bonds is 11. The Hall–Kier alpha value is -3.21. The lowest BCUT2D eigenvalue weighted by molar-refractivity contribution is -0.117. The zero-order valence-electron chi connectivity index (χ0n) is 18.4. The minimum atomic E-state index is -0.453. The van der Waals surface area contributed by atoms with Crippen LogP contribution in [0.3, 0.4) is 0 Å². The highest BCUT2D eigenvalue weighted by molar-refractivity contribution is 5.94. The first-order valence-electron chi connectivity index (χ1n) is 11.2. The Bertz CT molecular complexity index is 1080. The maximum Gasteiger partial charge on any atom is 0.181 e. The van der Waals surface area contributed by atoms with Gasteiger partial charge in [-0.25, -0.2) is 0 Å². The van der Waals surface area contributed by atoms with Gasteiger partial charge in [0.05, 0.1) is 0 Å². The van der Waals surface area contributed by atoms with Gasteiger partial charge in [0.25, 0.3) is 0 Å². The number of carbonyl (C=O) groups excluding carboxylic acids is 1. The van der Waals surface area contributed by atoms with Crippen LogP contribution < -0.4 is 0 Å². The summed E-state index contributed by atoms with van der Waals surface area (Å²) in [7, 11) is 0. The molecule has 0 fully saturated rings. The third kappa shape index (κ3) is 5.94. The van der Waals surface area contributed by atoms with Gasteiger partial charge in [0.2, 0.25) is 0 Å². The molecule has 4 heteroatoms. The van der Waals surface area contributed by atoms with Crippen LogP contribution in [0.25, 0.3) is 11.6 Å². The molecule has 1 aromatic heterocycles. The zero-order valence-corrected chi connectivity index (χ0v) is 18.4. The molecule has 0 saturated carbocycles. The molecule has 0 saturated heterocycles. The van der Waals surface area contributed by atoms with Gasteiger partial charge >= 0.3 is 0 Å². The van der Waals surface area contributed by atoms with Crippen LogP contribution in [0.15, 0.2) is 85.2 Å². The van der Waals surface area contributed by atoms with E-state index < -0.39 is 6.61 Å². The number of aliphatic hydroxyl groups excluding tert-OH is 1. The van der Waals surface area contributed by atoms with Crippen LogP contribution in [0.2, 0.25) is 0 Å². The molecule has 0 spiro atoms. The van der Waals surface area contributed by atoms with Crippen molar-refractivity contribution in [3.05, 3.63) is 107 Å². The summed E-state index contributed by atoms with van der Waals surface area (Å²) in [5.41, 5.74) is 6.52. The van der Waals surface area contributed by atoms with Crippen molar-refractivity contribution in [2.75, 3.05) is 19.7 Å². The van der Waals surface area contributed by atoms with Gasteiger partial charge in [0.1, 0.15) is 6.61 Å². The molecule has 3 aromatic rings. The van der Waals surface area contributed by atoms with Crippen molar-refractivity contribution >= 4 is 17.4 Å². The number of aliphatic hydroxyl groups is 1. The summed E-state index contributed by atoms with van der Waals surface area (Å²) in [4.78, 5) is 13.8. The van der Waals surface area contributed by atoms with Crippen LogP contribution in [0.4, 0.5) is 0 Å². The Balaban J connectivity index is 1.40. The fourth-order valence-corrected chi connectivity index (χ4v) is 4.15. The van der Waals surface area contributed by atoms with Gasteiger partial charge in [-0.05, 0) is 58.9 Å². The van der Waals surface area contributed by atoms with Crippen LogP contribution in [-0.4, -0.2) is 40.1 Å². The van der Waals surface area contributed by atoms with Gasteiger partial charge < -0.3 is 9.67 Å². The van der Waals surface area contributed by atoms with Gasteiger partial charge in [-0.3, -0.25) is 9.69 Å². The normalized spacial score (nSPS) is 13.0. The summed E-state index contributed by atoms with van der Waals surface area (Å²) in [6.45, 7) is 3.39. The molecule has 0 unspecified atom stereocenters. The highest BCUT2D eigenvalue weighted by Crippen LogP contribution is 2.29. The van der Waals surface area contributed by atoms with Crippen LogP contribution in [0.1, 0.15) is 28.7 Å². The molecule has 4 rings (SSSR count). The number of allylic oxidation sites excluding steroid dienone is 1. The van der Waals surface area contributed by atoms with E-state index in [2.05, 4.69) is 76.5 Å². The summed E-state index contributed by atoms with van der Waals surface area (Å²) in [6.07, 6.45) is 11.9. The van der Waals surface area contributed by atoms with Gasteiger partial charge in [0.15, 0.2) is 5.78 Å². The van der Waals surface area contributed by atoms with E-state index in [9.17, 15) is 4.79 Å². The van der Waals surface area contributed by atoms with E-state index in [0.717, 1.165) is 44.6 Å². The summed E-state index contributed by atoms with van der Waals surface area (Å²) in [6, 6.07) is 21.2. The second-order valence-electron chi connectivity index (χ2n) is 8.24. The molecular formula is C28H30N2O2. The highest BCUT2D eigenvalue weighted by atomic mass is 16.3. The maximum absolute atomic E-state index is 11.3. The topological polar surface area (TPSA) is 45.5 Å².